The van der Waals surface area contributed by atoms with E-state index in [4.69, 9.17) is 0 Å². The molecule has 1 heteroatoms. The zero-order chi connectivity index (χ0) is 14.5. The number of hydrogen-bond acceptors (Lipinski definition) is 1. The summed E-state index contributed by atoms with van der Waals surface area (Å²) in [7, 11) is 0. The highest BCUT2D eigenvalue weighted by Gasteiger charge is 2.21. The van der Waals surface area contributed by atoms with E-state index in [2.05, 4.69) is 57.3 Å². The zero-order valence-corrected chi connectivity index (χ0v) is 13.7. The summed E-state index contributed by atoms with van der Waals surface area (Å²) >= 11 is 0. The van der Waals surface area contributed by atoms with Crippen molar-refractivity contribution < 1.29 is 0 Å². The number of nitrogens with one attached hydrogen (secondary N) is 1. The van der Waals surface area contributed by atoms with Gasteiger partial charge in [-0.15, -0.1) is 0 Å². The molecule has 0 aromatic heterocycles. The van der Waals surface area contributed by atoms with E-state index in [1.54, 1.807) is 0 Å². The summed E-state index contributed by atoms with van der Waals surface area (Å²) in [6.07, 6.45) is 6.89. The minimum absolute atomic E-state index is 0.472. The normalized spacial score (nSPS) is 24.9. The molecule has 2 rings (SSSR count). The molecule has 1 atom stereocenters. The summed E-state index contributed by atoms with van der Waals surface area (Å²) in [4.78, 5) is 0. The molecule has 1 aromatic rings. The molecular formula is C19H31N. The molecule has 0 radical (unpaired) electrons. The lowest BCUT2D eigenvalue weighted by Crippen LogP contribution is -2.34. The van der Waals surface area contributed by atoms with Gasteiger partial charge in [0.05, 0.1) is 0 Å². The topological polar surface area (TPSA) is 12.0 Å². The van der Waals surface area contributed by atoms with Crippen LogP contribution in [0.15, 0.2) is 24.3 Å². The van der Waals surface area contributed by atoms with Gasteiger partial charge in [0.2, 0.25) is 0 Å². The Kier molecular flexibility index (Phi) is 5.65. The largest absolute Gasteiger partial charge is 0.307 e. The van der Waals surface area contributed by atoms with Gasteiger partial charge in [-0.1, -0.05) is 51.5 Å². The molecule has 0 saturated heterocycles. The Morgan fingerprint density at radius 2 is 1.50 bits per heavy atom. The molecular weight excluding hydrogens is 242 g/mol. The van der Waals surface area contributed by atoms with Crippen LogP contribution in [0.25, 0.3) is 0 Å². The van der Waals surface area contributed by atoms with Gasteiger partial charge in [0.15, 0.2) is 0 Å². The van der Waals surface area contributed by atoms with Gasteiger partial charge in [0.1, 0.15) is 0 Å². The maximum absolute atomic E-state index is 3.83. The third-order valence-corrected chi connectivity index (χ3v) is 5.01. The average Bonchev–Trinajstić information content (AvgIpc) is 2.48. The standard InChI is InChI=1S/C19H31N/c1-5-16-6-12-19(13-7-16)20-15(4)18-10-8-17(9-11-18)14(2)3/h8-11,14-16,19-20H,5-7,12-13H2,1-4H3. The first-order valence-corrected chi connectivity index (χ1v) is 8.46. The molecule has 1 fully saturated rings. The molecule has 1 aromatic carbocycles. The van der Waals surface area contributed by atoms with Crippen LogP contribution in [0, 0.1) is 5.92 Å². The smallest absolute Gasteiger partial charge is 0.0294 e. The Morgan fingerprint density at radius 1 is 0.950 bits per heavy atom. The lowest BCUT2D eigenvalue weighted by molar-refractivity contribution is 0.273. The van der Waals surface area contributed by atoms with Gasteiger partial charge in [-0.05, 0) is 55.6 Å². The lowest BCUT2D eigenvalue weighted by Gasteiger charge is -2.31. The molecule has 0 bridgehead atoms. The van der Waals surface area contributed by atoms with Crippen molar-refractivity contribution in [3.05, 3.63) is 35.4 Å². The second kappa shape index (κ2) is 7.26. The fraction of sp³-hybridized carbons (Fsp3) is 0.684. The maximum atomic E-state index is 3.83. The van der Waals surface area contributed by atoms with Gasteiger partial charge in [-0.3, -0.25) is 0 Å². The molecule has 1 unspecified atom stereocenters. The average molecular weight is 273 g/mol. The second-order valence-corrected chi connectivity index (χ2v) is 6.84. The number of benzene rings is 1. The van der Waals surface area contributed by atoms with Crippen molar-refractivity contribution in [1.29, 1.82) is 0 Å². The van der Waals surface area contributed by atoms with Crippen LogP contribution in [0.2, 0.25) is 0 Å². The highest BCUT2D eigenvalue weighted by atomic mass is 14.9. The van der Waals surface area contributed by atoms with Crippen molar-refractivity contribution in [2.75, 3.05) is 0 Å². The van der Waals surface area contributed by atoms with Crippen LogP contribution < -0.4 is 5.32 Å². The molecule has 1 nitrogen and oxygen atoms in total. The molecule has 0 amide bonds. The first-order chi connectivity index (χ1) is 9.60. The Balaban J connectivity index is 1.87. The summed E-state index contributed by atoms with van der Waals surface area (Å²) in [5.74, 6) is 1.60. The van der Waals surface area contributed by atoms with Gasteiger partial charge in [-0.25, -0.2) is 0 Å². The Bertz CT molecular complexity index is 385. The van der Waals surface area contributed by atoms with E-state index in [1.165, 1.54) is 43.2 Å². The lowest BCUT2D eigenvalue weighted by atomic mass is 9.84. The predicted octanol–water partition coefficient (Wildman–Crippen LogP) is 5.43. The summed E-state index contributed by atoms with van der Waals surface area (Å²) in [5.41, 5.74) is 2.86. The molecule has 0 heterocycles. The van der Waals surface area contributed by atoms with E-state index in [0.717, 1.165) is 12.0 Å². The molecule has 1 aliphatic carbocycles. The number of rotatable bonds is 5. The van der Waals surface area contributed by atoms with Crippen molar-refractivity contribution >= 4 is 0 Å². The first-order valence-electron chi connectivity index (χ1n) is 8.46. The zero-order valence-electron chi connectivity index (χ0n) is 13.7. The summed E-state index contributed by atoms with van der Waals surface area (Å²) in [6.45, 7) is 9.14. The molecule has 1 N–H and O–H groups in total. The highest BCUT2D eigenvalue weighted by Crippen LogP contribution is 2.28. The Hall–Kier alpha value is -0.820. The van der Waals surface area contributed by atoms with E-state index in [-0.39, 0.29) is 0 Å². The predicted molar refractivity (Wildman–Crippen MR) is 88.1 cm³/mol. The van der Waals surface area contributed by atoms with E-state index in [9.17, 15) is 0 Å². The van der Waals surface area contributed by atoms with Gasteiger partial charge in [0, 0.05) is 12.1 Å². The van der Waals surface area contributed by atoms with E-state index in [1.807, 2.05) is 0 Å². The van der Waals surface area contributed by atoms with E-state index in [0.29, 0.717) is 12.0 Å². The van der Waals surface area contributed by atoms with Gasteiger partial charge in [-0.2, -0.15) is 0 Å². The minimum Gasteiger partial charge on any atom is -0.307 e. The van der Waals surface area contributed by atoms with Crippen molar-refractivity contribution in [2.45, 2.75) is 77.8 Å². The monoisotopic (exact) mass is 273 g/mol. The van der Waals surface area contributed by atoms with Crippen molar-refractivity contribution in [3.8, 4) is 0 Å². The maximum Gasteiger partial charge on any atom is 0.0294 e. The molecule has 1 saturated carbocycles. The van der Waals surface area contributed by atoms with Gasteiger partial charge < -0.3 is 5.32 Å². The van der Waals surface area contributed by atoms with Crippen LogP contribution in [0.5, 0.6) is 0 Å². The molecule has 0 spiro atoms. The molecule has 20 heavy (non-hydrogen) atoms. The quantitative estimate of drug-likeness (QED) is 0.754. The van der Waals surface area contributed by atoms with Gasteiger partial charge in [0.25, 0.3) is 0 Å². The van der Waals surface area contributed by atoms with Crippen LogP contribution in [-0.4, -0.2) is 6.04 Å². The van der Waals surface area contributed by atoms with E-state index >= 15 is 0 Å². The van der Waals surface area contributed by atoms with Crippen LogP contribution in [0.1, 0.15) is 82.9 Å². The van der Waals surface area contributed by atoms with Crippen LogP contribution in [0.3, 0.4) is 0 Å². The highest BCUT2D eigenvalue weighted by molar-refractivity contribution is 5.26. The SMILES string of the molecule is CCC1CCC(NC(C)c2ccc(C(C)C)cc2)CC1. The van der Waals surface area contributed by atoms with Gasteiger partial charge >= 0.3 is 0 Å². The summed E-state index contributed by atoms with van der Waals surface area (Å²) in [6, 6.07) is 10.4. The first kappa shape index (κ1) is 15.6. The molecule has 112 valence electrons. The summed E-state index contributed by atoms with van der Waals surface area (Å²) in [5, 5.41) is 3.83. The fourth-order valence-electron chi connectivity index (χ4n) is 3.36. The Labute approximate surface area is 125 Å². The summed E-state index contributed by atoms with van der Waals surface area (Å²) < 4.78 is 0. The minimum atomic E-state index is 0.472. The van der Waals surface area contributed by atoms with Crippen molar-refractivity contribution in [2.24, 2.45) is 5.92 Å². The van der Waals surface area contributed by atoms with Crippen molar-refractivity contribution in [3.63, 3.8) is 0 Å². The van der Waals surface area contributed by atoms with Crippen LogP contribution in [-0.2, 0) is 0 Å². The van der Waals surface area contributed by atoms with Crippen LogP contribution in [0.4, 0.5) is 0 Å². The van der Waals surface area contributed by atoms with E-state index < -0.39 is 0 Å². The third kappa shape index (κ3) is 4.09. The fourth-order valence-corrected chi connectivity index (χ4v) is 3.36. The third-order valence-electron chi connectivity index (χ3n) is 5.01. The second-order valence-electron chi connectivity index (χ2n) is 6.84. The Morgan fingerprint density at radius 3 is 2.00 bits per heavy atom. The number of hydrogen-bond donors (Lipinski definition) is 1. The van der Waals surface area contributed by atoms with Crippen LogP contribution >= 0.6 is 0 Å². The molecule has 0 aliphatic heterocycles. The van der Waals surface area contributed by atoms with Crippen molar-refractivity contribution in [1.82, 2.24) is 5.32 Å². The molecule has 1 aliphatic rings.